The van der Waals surface area contributed by atoms with Crippen LogP contribution in [0.2, 0.25) is 0 Å². The van der Waals surface area contributed by atoms with Gasteiger partial charge >= 0.3 is 5.97 Å². The van der Waals surface area contributed by atoms with Crippen molar-refractivity contribution in [1.82, 2.24) is 15.1 Å². The largest absolute Gasteiger partial charge is 0.478 e. The number of carboxylic acid groups (broad SMARTS) is 1. The zero-order valence-electron chi connectivity index (χ0n) is 18.7. The number of hydrogen-bond acceptors (Lipinski definition) is 4. The van der Waals surface area contributed by atoms with E-state index in [-0.39, 0.29) is 28.9 Å². The van der Waals surface area contributed by atoms with Crippen molar-refractivity contribution in [3.63, 3.8) is 0 Å². The number of rotatable bonds is 6. The molecule has 1 spiro atoms. The van der Waals surface area contributed by atoms with Crippen LogP contribution in [0, 0.1) is 18.2 Å². The first-order chi connectivity index (χ1) is 15.3. The number of halogens is 1. The Kier molecular flexibility index (Phi) is 6.33. The second-order valence-corrected chi connectivity index (χ2v) is 8.95. The first-order valence-electron chi connectivity index (χ1n) is 11.3. The van der Waals surface area contributed by atoms with E-state index in [9.17, 15) is 19.1 Å². The van der Waals surface area contributed by atoms with Crippen molar-refractivity contribution in [2.24, 2.45) is 5.41 Å². The molecule has 0 saturated carbocycles. The molecule has 8 heteroatoms. The van der Waals surface area contributed by atoms with Gasteiger partial charge in [-0.3, -0.25) is 9.48 Å². The fourth-order valence-electron chi connectivity index (χ4n) is 4.95. The summed E-state index contributed by atoms with van der Waals surface area (Å²) in [4.78, 5) is 24.5. The summed E-state index contributed by atoms with van der Waals surface area (Å²) in [7, 11) is 0. The molecule has 1 saturated heterocycles. The van der Waals surface area contributed by atoms with Gasteiger partial charge in [0.05, 0.1) is 22.5 Å². The first-order valence-corrected chi connectivity index (χ1v) is 11.3. The van der Waals surface area contributed by atoms with Gasteiger partial charge in [0.2, 0.25) is 0 Å². The number of benzene rings is 1. The predicted molar refractivity (Wildman–Crippen MR) is 117 cm³/mol. The van der Waals surface area contributed by atoms with Crippen molar-refractivity contribution in [3.05, 3.63) is 51.6 Å². The summed E-state index contributed by atoms with van der Waals surface area (Å²) >= 11 is 0. The van der Waals surface area contributed by atoms with Crippen molar-refractivity contribution >= 4 is 11.9 Å². The van der Waals surface area contributed by atoms with Crippen LogP contribution in [0.3, 0.4) is 0 Å². The monoisotopic (exact) mass is 443 g/mol. The zero-order valence-corrected chi connectivity index (χ0v) is 18.7. The molecule has 3 heterocycles. The molecule has 0 aliphatic carbocycles. The van der Waals surface area contributed by atoms with E-state index < -0.39 is 11.8 Å². The quantitative estimate of drug-likeness (QED) is 0.715. The van der Waals surface area contributed by atoms with Crippen molar-refractivity contribution < 1.29 is 23.8 Å². The molecule has 7 nitrogen and oxygen atoms in total. The molecular weight excluding hydrogens is 413 g/mol. The first kappa shape index (κ1) is 22.5. The van der Waals surface area contributed by atoms with Crippen LogP contribution in [0.4, 0.5) is 4.39 Å². The highest BCUT2D eigenvalue weighted by Crippen LogP contribution is 2.37. The summed E-state index contributed by atoms with van der Waals surface area (Å²) in [6.45, 7) is 6.11. The maximum absolute atomic E-state index is 14.7. The molecule has 172 valence electrons. The van der Waals surface area contributed by atoms with Gasteiger partial charge in [-0.2, -0.15) is 5.10 Å². The number of ether oxygens (including phenoxy) is 1. The summed E-state index contributed by atoms with van der Waals surface area (Å²) in [5.74, 6) is -1.67. The third kappa shape index (κ3) is 4.16. The lowest BCUT2D eigenvalue weighted by molar-refractivity contribution is 0.0152. The van der Waals surface area contributed by atoms with E-state index >= 15 is 0 Å². The number of hydrogen-bond donors (Lipinski definition) is 2. The number of carbonyl (C=O) groups is 2. The maximum atomic E-state index is 14.7. The lowest BCUT2D eigenvalue weighted by Crippen LogP contribution is -2.40. The summed E-state index contributed by atoms with van der Waals surface area (Å²) in [5.41, 5.74) is 3.00. The smallest absolute Gasteiger partial charge is 0.336 e. The van der Waals surface area contributed by atoms with Gasteiger partial charge in [0.25, 0.3) is 5.91 Å². The van der Waals surface area contributed by atoms with Gasteiger partial charge in [0.1, 0.15) is 5.82 Å². The molecule has 0 bridgehead atoms. The molecule has 2 aliphatic rings. The number of aromatic carboxylic acids is 1. The van der Waals surface area contributed by atoms with E-state index in [1.165, 1.54) is 12.1 Å². The minimum absolute atomic E-state index is 0.00202. The molecular formula is C24H30FN3O4. The predicted octanol–water partition coefficient (Wildman–Crippen LogP) is 3.31. The Morgan fingerprint density at radius 2 is 2.09 bits per heavy atom. The molecule has 2 aromatic rings. The normalized spacial score (nSPS) is 17.7. The highest BCUT2D eigenvalue weighted by Gasteiger charge is 2.39. The highest BCUT2D eigenvalue weighted by molar-refractivity contribution is 5.97. The average Bonchev–Trinajstić information content (AvgIpc) is 3.05. The topological polar surface area (TPSA) is 93.5 Å². The van der Waals surface area contributed by atoms with Crippen LogP contribution >= 0.6 is 0 Å². The number of amides is 1. The molecule has 1 aromatic carbocycles. The number of aromatic nitrogens is 2. The van der Waals surface area contributed by atoms with Gasteiger partial charge in [-0.1, -0.05) is 13.0 Å². The SMILES string of the molecule is CCc1nn(CCCc2c(C(=O)O)ccc(C)c2F)c2c1C(=O)NCC1(CCOCC1)C2. The number of nitrogens with one attached hydrogen (secondary N) is 1. The van der Waals surface area contributed by atoms with E-state index in [1.54, 1.807) is 6.92 Å². The van der Waals surface area contributed by atoms with Crippen LogP contribution in [0.15, 0.2) is 12.1 Å². The zero-order chi connectivity index (χ0) is 22.9. The molecule has 0 atom stereocenters. The lowest BCUT2D eigenvalue weighted by Gasteiger charge is -2.36. The van der Waals surface area contributed by atoms with Gasteiger partial charge in [0, 0.05) is 31.9 Å². The van der Waals surface area contributed by atoms with E-state index in [4.69, 9.17) is 9.84 Å². The number of nitrogens with zero attached hydrogens (tertiary/aromatic N) is 2. The fourth-order valence-corrected chi connectivity index (χ4v) is 4.95. The highest BCUT2D eigenvalue weighted by atomic mass is 19.1. The third-order valence-corrected chi connectivity index (χ3v) is 6.88. The van der Waals surface area contributed by atoms with Crippen molar-refractivity contribution in [2.45, 2.75) is 58.9 Å². The average molecular weight is 444 g/mol. The number of carbonyl (C=O) groups excluding carboxylic acids is 1. The van der Waals surface area contributed by atoms with Crippen LogP contribution in [-0.4, -0.2) is 46.5 Å². The fraction of sp³-hybridized carbons (Fsp3) is 0.542. The Bertz CT molecular complexity index is 1040. The molecule has 32 heavy (non-hydrogen) atoms. The van der Waals surface area contributed by atoms with E-state index in [2.05, 4.69) is 5.32 Å². The summed E-state index contributed by atoms with van der Waals surface area (Å²) < 4.78 is 22.1. The second-order valence-electron chi connectivity index (χ2n) is 8.95. The van der Waals surface area contributed by atoms with Gasteiger partial charge in [-0.15, -0.1) is 0 Å². The Morgan fingerprint density at radius 3 is 2.78 bits per heavy atom. The minimum Gasteiger partial charge on any atom is -0.478 e. The molecule has 0 unspecified atom stereocenters. The Morgan fingerprint density at radius 1 is 1.34 bits per heavy atom. The van der Waals surface area contributed by atoms with E-state index in [0.29, 0.717) is 50.3 Å². The number of carboxylic acids is 1. The molecule has 2 N–H and O–H groups in total. The van der Waals surface area contributed by atoms with Crippen molar-refractivity contribution in [3.8, 4) is 0 Å². The standard InChI is InChI=1S/C24H30FN3O4/c1-3-18-20-19(13-24(14-26-22(20)29)8-11-32-12-9-24)28(27-18)10-4-5-16-17(23(30)31)7-6-15(2)21(16)25/h6-7H,3-5,8-14H2,1-2H3,(H,26,29)(H,30,31). The minimum atomic E-state index is -1.13. The van der Waals surface area contributed by atoms with Gasteiger partial charge < -0.3 is 15.2 Å². The molecule has 1 amide bonds. The van der Waals surface area contributed by atoms with E-state index in [0.717, 1.165) is 30.7 Å². The molecule has 4 rings (SSSR count). The molecule has 1 aromatic heterocycles. The van der Waals surface area contributed by atoms with Crippen LogP contribution in [0.1, 0.15) is 69.4 Å². The van der Waals surface area contributed by atoms with Crippen LogP contribution < -0.4 is 5.32 Å². The summed E-state index contributed by atoms with van der Waals surface area (Å²) in [5, 5.41) is 17.3. The molecule has 2 aliphatic heterocycles. The Balaban J connectivity index is 1.60. The van der Waals surface area contributed by atoms with E-state index in [1.807, 2.05) is 11.6 Å². The van der Waals surface area contributed by atoms with Gasteiger partial charge in [-0.25, -0.2) is 9.18 Å². The Labute approximate surface area is 187 Å². The summed E-state index contributed by atoms with van der Waals surface area (Å²) in [6, 6.07) is 2.96. The second kappa shape index (κ2) is 9.02. The lowest BCUT2D eigenvalue weighted by atomic mass is 9.76. The summed E-state index contributed by atoms with van der Waals surface area (Å²) in [6.07, 6.45) is 3.98. The number of aryl methyl sites for hydroxylation is 3. The maximum Gasteiger partial charge on any atom is 0.336 e. The Hall–Kier alpha value is -2.74. The number of fused-ring (bicyclic) bond motifs is 1. The molecule has 0 radical (unpaired) electrons. The molecule has 1 fully saturated rings. The van der Waals surface area contributed by atoms with Gasteiger partial charge in [-0.05, 0) is 62.5 Å². The van der Waals surface area contributed by atoms with Crippen molar-refractivity contribution in [2.75, 3.05) is 19.8 Å². The van der Waals surface area contributed by atoms with Crippen molar-refractivity contribution in [1.29, 1.82) is 0 Å². The third-order valence-electron chi connectivity index (χ3n) is 6.88. The van der Waals surface area contributed by atoms with Crippen LogP contribution in [0.5, 0.6) is 0 Å². The van der Waals surface area contributed by atoms with Crippen LogP contribution in [-0.2, 0) is 30.5 Å². The van der Waals surface area contributed by atoms with Gasteiger partial charge in [0.15, 0.2) is 0 Å². The van der Waals surface area contributed by atoms with Crippen LogP contribution in [0.25, 0.3) is 0 Å².